The van der Waals surface area contributed by atoms with Crippen LogP contribution >= 0.6 is 0 Å². The van der Waals surface area contributed by atoms with Gasteiger partial charge in [-0.15, -0.1) is 0 Å². The smallest absolute Gasteiger partial charge is 0.434 e. The van der Waals surface area contributed by atoms with Crippen molar-refractivity contribution in [2.75, 3.05) is 38.2 Å². The van der Waals surface area contributed by atoms with Gasteiger partial charge in [0.05, 0.1) is 31.1 Å². The molecule has 0 saturated carbocycles. The number of fused-ring (bicyclic) bond motifs is 1. The fraction of sp³-hybridized carbons (Fsp3) is 0.304. The van der Waals surface area contributed by atoms with E-state index >= 15 is 0 Å². The second-order valence-electron chi connectivity index (χ2n) is 8.05. The highest BCUT2D eigenvalue weighted by atomic mass is 19.1. The van der Waals surface area contributed by atoms with E-state index < -0.39 is 0 Å². The first-order chi connectivity index (χ1) is 16.6. The molecule has 0 radical (unpaired) electrons. The van der Waals surface area contributed by atoms with Gasteiger partial charge in [-0.05, 0) is 40.2 Å². The molecule has 34 heavy (non-hydrogen) atoms. The van der Waals surface area contributed by atoms with Crippen LogP contribution in [0, 0.1) is 5.82 Å². The molecule has 4 aromatic rings. The Hall–Kier alpha value is -3.99. The van der Waals surface area contributed by atoms with E-state index in [1.54, 1.807) is 22.9 Å². The minimum atomic E-state index is -0.265. The zero-order valence-electron chi connectivity index (χ0n) is 18.4. The third-order valence-electron chi connectivity index (χ3n) is 5.60. The van der Waals surface area contributed by atoms with Gasteiger partial charge in [0.2, 0.25) is 5.65 Å². The van der Waals surface area contributed by atoms with Crippen LogP contribution in [0.3, 0.4) is 0 Å². The molecule has 0 spiro atoms. The minimum absolute atomic E-state index is 0.139. The number of aromatic nitrogens is 5. The number of aromatic amines is 1. The van der Waals surface area contributed by atoms with Gasteiger partial charge < -0.3 is 20.3 Å². The van der Waals surface area contributed by atoms with Crippen LogP contribution in [-0.4, -0.2) is 67.6 Å². The number of rotatable bonds is 5. The summed E-state index contributed by atoms with van der Waals surface area (Å²) in [6.45, 7) is 3.23. The van der Waals surface area contributed by atoms with Crippen molar-refractivity contribution in [2.24, 2.45) is 0 Å². The maximum Gasteiger partial charge on any atom is 0.434 e. The highest BCUT2D eigenvalue weighted by Crippen LogP contribution is 2.21. The summed E-state index contributed by atoms with van der Waals surface area (Å²) >= 11 is 0. The number of aromatic hydroxyl groups is 2. The lowest BCUT2D eigenvalue weighted by molar-refractivity contribution is 0.150. The molecule has 176 valence electrons. The van der Waals surface area contributed by atoms with Gasteiger partial charge in [0.15, 0.2) is 11.8 Å². The van der Waals surface area contributed by atoms with Crippen LogP contribution in [-0.2, 0) is 11.2 Å². The molecule has 0 atom stereocenters. The molecule has 1 fully saturated rings. The zero-order chi connectivity index (χ0) is 23.5. The molecule has 1 aromatic carbocycles. The Labute approximate surface area is 193 Å². The number of anilines is 1. The average Bonchev–Trinajstić information content (AvgIpc) is 3.23. The second kappa shape index (κ2) is 9.48. The predicted molar refractivity (Wildman–Crippen MR) is 123 cm³/mol. The standard InChI is InChI=1S/C23H24FN7O3/c24-18-4-1-3-15(11-18)5-6-25-22-29-23(30-7-2-9-34-10-8-30)28-20-17(14-26-31(20)22)12-16-13-19(32)27-21(16)33/h1,3-4,11-14H,2,5-10H2,(H3,25,26,27,28,29,32,33)/p+1. The number of ether oxygens (including phenoxy) is 1. The van der Waals surface area contributed by atoms with Gasteiger partial charge in [0.1, 0.15) is 5.82 Å². The highest BCUT2D eigenvalue weighted by Gasteiger charge is 2.18. The molecule has 10 nitrogen and oxygen atoms in total. The maximum absolute atomic E-state index is 13.5. The normalized spacial score (nSPS) is 16.7. The third kappa shape index (κ3) is 4.69. The largest absolute Gasteiger partial charge is 0.494 e. The van der Waals surface area contributed by atoms with Crippen molar-refractivity contribution in [1.82, 2.24) is 29.1 Å². The Morgan fingerprint density at radius 2 is 2.12 bits per heavy atom. The van der Waals surface area contributed by atoms with Crippen LogP contribution in [0.4, 0.5) is 10.3 Å². The molecule has 0 unspecified atom stereocenters. The lowest BCUT2D eigenvalue weighted by atomic mass is 10.1. The van der Waals surface area contributed by atoms with Gasteiger partial charge in [0, 0.05) is 31.2 Å². The van der Waals surface area contributed by atoms with Gasteiger partial charge in [-0.3, -0.25) is 9.56 Å². The molecule has 5 rings (SSSR count). The summed E-state index contributed by atoms with van der Waals surface area (Å²) in [4.78, 5) is 11.9. The van der Waals surface area contributed by atoms with Crippen LogP contribution in [0.2, 0.25) is 0 Å². The van der Waals surface area contributed by atoms with E-state index in [9.17, 15) is 14.6 Å². The van der Waals surface area contributed by atoms with Crippen LogP contribution < -0.4 is 20.7 Å². The van der Waals surface area contributed by atoms with Gasteiger partial charge in [-0.2, -0.15) is 9.61 Å². The monoisotopic (exact) mass is 466 g/mol. The van der Waals surface area contributed by atoms with Crippen molar-refractivity contribution < 1.29 is 19.3 Å². The number of nitrogens with one attached hydrogen (secondary N) is 2. The summed E-state index contributed by atoms with van der Waals surface area (Å²) in [5.41, 5.74) is 2.38. The molecular formula is C23H25FN7O3+. The number of hydrogen-bond acceptors (Lipinski definition) is 7. The molecule has 0 amide bonds. The summed E-state index contributed by atoms with van der Waals surface area (Å²) in [5, 5.41) is 28.0. The number of nitrogens with zero attached hydrogens (tertiary/aromatic N) is 5. The fourth-order valence-corrected chi connectivity index (χ4v) is 3.92. The fourth-order valence-electron chi connectivity index (χ4n) is 3.92. The van der Waals surface area contributed by atoms with E-state index in [1.807, 2.05) is 6.07 Å². The molecule has 11 heteroatoms. The topological polar surface area (TPSA) is 124 Å². The number of halogens is 1. The van der Waals surface area contributed by atoms with Gasteiger partial charge in [-0.25, -0.2) is 4.39 Å². The molecule has 3 aromatic heterocycles. The zero-order valence-corrected chi connectivity index (χ0v) is 18.4. The Kier molecular flexibility index (Phi) is 6.09. The van der Waals surface area contributed by atoms with E-state index in [2.05, 4.69) is 20.0 Å². The first kappa shape index (κ1) is 21.8. The SMILES string of the molecule is Oc1cc(C=c2cnn3c(NCCc4cccc(F)c4)nc(=[N+]4CCCOCC4)nc23)c(O)[nH]1. The Morgan fingerprint density at radius 3 is 2.94 bits per heavy atom. The van der Waals surface area contributed by atoms with Crippen molar-refractivity contribution in [1.29, 1.82) is 0 Å². The summed E-state index contributed by atoms with van der Waals surface area (Å²) in [7, 11) is 0. The van der Waals surface area contributed by atoms with Crippen LogP contribution in [0.25, 0.3) is 11.7 Å². The molecule has 1 aliphatic rings. The van der Waals surface area contributed by atoms with E-state index in [-0.39, 0.29) is 17.6 Å². The van der Waals surface area contributed by atoms with E-state index in [4.69, 9.17) is 14.7 Å². The van der Waals surface area contributed by atoms with Gasteiger partial charge >= 0.3 is 11.6 Å². The van der Waals surface area contributed by atoms with E-state index in [0.29, 0.717) is 60.7 Å². The van der Waals surface area contributed by atoms with Gasteiger partial charge in [-0.1, -0.05) is 12.1 Å². The molecular weight excluding hydrogens is 441 g/mol. The highest BCUT2D eigenvalue weighted by molar-refractivity contribution is 5.61. The average molecular weight is 466 g/mol. The molecule has 1 saturated heterocycles. The molecule has 1 aliphatic heterocycles. The third-order valence-corrected chi connectivity index (χ3v) is 5.60. The number of H-pyrrole nitrogens is 1. The summed E-state index contributed by atoms with van der Waals surface area (Å²) < 4.78 is 22.8. The van der Waals surface area contributed by atoms with E-state index in [0.717, 1.165) is 18.5 Å². The minimum Gasteiger partial charge on any atom is -0.494 e. The molecule has 0 aliphatic carbocycles. The van der Waals surface area contributed by atoms with E-state index in [1.165, 1.54) is 18.2 Å². The lowest BCUT2D eigenvalue weighted by Crippen LogP contribution is -2.38. The number of hydrogen-bond donors (Lipinski definition) is 4. The first-order valence-corrected chi connectivity index (χ1v) is 11.1. The predicted octanol–water partition coefficient (Wildman–Crippen LogP) is 0.397. The van der Waals surface area contributed by atoms with Crippen LogP contribution in [0.15, 0.2) is 36.5 Å². The summed E-state index contributed by atoms with van der Waals surface area (Å²) in [6, 6.07) is 7.93. The Bertz CT molecular complexity index is 1440. The van der Waals surface area contributed by atoms with Crippen molar-refractivity contribution in [3.05, 3.63) is 64.3 Å². The van der Waals surface area contributed by atoms with Crippen molar-refractivity contribution in [3.63, 3.8) is 0 Å². The molecule has 4 N–H and O–H groups in total. The Morgan fingerprint density at radius 1 is 1.21 bits per heavy atom. The van der Waals surface area contributed by atoms with Crippen molar-refractivity contribution in [2.45, 2.75) is 12.8 Å². The second-order valence-corrected chi connectivity index (χ2v) is 8.05. The van der Waals surface area contributed by atoms with Crippen molar-refractivity contribution >= 4 is 17.7 Å². The summed E-state index contributed by atoms with van der Waals surface area (Å²) in [6.07, 6.45) is 4.78. The first-order valence-electron chi connectivity index (χ1n) is 11.1. The van der Waals surface area contributed by atoms with Crippen LogP contribution in [0.1, 0.15) is 17.5 Å². The molecule has 0 bridgehead atoms. The lowest BCUT2D eigenvalue weighted by Gasteiger charge is -2.05. The summed E-state index contributed by atoms with van der Waals surface area (Å²) in [5.74, 6) is -0.0506. The maximum atomic E-state index is 13.5. The quantitative estimate of drug-likeness (QED) is 0.314. The molecule has 4 heterocycles. The Balaban J connectivity index is 1.56. The van der Waals surface area contributed by atoms with Gasteiger partial charge in [0.25, 0.3) is 0 Å². The van der Waals surface area contributed by atoms with Crippen LogP contribution in [0.5, 0.6) is 11.8 Å². The number of benzene rings is 1. The van der Waals surface area contributed by atoms with Crippen molar-refractivity contribution in [3.8, 4) is 11.8 Å².